The zero-order chi connectivity index (χ0) is 32.7. The van der Waals surface area contributed by atoms with Crippen LogP contribution in [-0.2, 0) is 9.47 Å². The van der Waals surface area contributed by atoms with Crippen molar-refractivity contribution >= 4 is 41.0 Å². The van der Waals surface area contributed by atoms with Crippen molar-refractivity contribution in [1.82, 2.24) is 10.6 Å². The number of rotatable bonds is 15. The molecule has 11 heteroatoms. The molecule has 0 unspecified atom stereocenters. The summed E-state index contributed by atoms with van der Waals surface area (Å²) in [6.07, 6.45) is 2.45. The van der Waals surface area contributed by atoms with Gasteiger partial charge in [-0.15, -0.1) is 0 Å². The smallest absolute Gasteiger partial charge is 0.251 e. The molecule has 45 heavy (non-hydrogen) atoms. The fraction of sp³-hybridized carbons (Fsp3) is 0.294. The molecule has 0 bridgehead atoms. The van der Waals surface area contributed by atoms with Crippen LogP contribution in [0.2, 0.25) is 0 Å². The van der Waals surface area contributed by atoms with E-state index < -0.39 is 0 Å². The van der Waals surface area contributed by atoms with Gasteiger partial charge in [0.1, 0.15) is 11.7 Å². The van der Waals surface area contributed by atoms with Gasteiger partial charge in [-0.25, -0.2) is 4.99 Å². The van der Waals surface area contributed by atoms with Gasteiger partial charge in [0.15, 0.2) is 0 Å². The van der Waals surface area contributed by atoms with Gasteiger partial charge in [-0.05, 0) is 49.4 Å². The zero-order valence-corrected chi connectivity index (χ0v) is 26.4. The molecule has 0 fully saturated rings. The number of nitrogens with zero attached hydrogens (tertiary/aromatic N) is 2. The third-order valence-electron chi connectivity index (χ3n) is 5.63. The normalized spacial score (nSPS) is 11.1. The van der Waals surface area contributed by atoms with Gasteiger partial charge < -0.3 is 41.9 Å². The Labute approximate surface area is 266 Å². The van der Waals surface area contributed by atoms with Crippen LogP contribution in [0.25, 0.3) is 0 Å². The monoisotopic (exact) mass is 614 g/mol. The first-order chi connectivity index (χ1) is 21.9. The summed E-state index contributed by atoms with van der Waals surface area (Å²) in [5.74, 6) is 1.30. The number of para-hydroxylation sites is 1. The van der Waals surface area contributed by atoms with Crippen LogP contribution in [0.4, 0.5) is 17.1 Å². The number of nitrogen functional groups attached to an aromatic ring is 1. The van der Waals surface area contributed by atoms with E-state index in [1.165, 1.54) is 12.6 Å². The molecule has 3 rings (SSSR count). The highest BCUT2D eigenvalue weighted by atomic mass is 16.5. The molecule has 0 radical (unpaired) electrons. The van der Waals surface area contributed by atoms with E-state index in [1.807, 2.05) is 48.5 Å². The molecular formula is C34H46N8O3. The Morgan fingerprint density at radius 1 is 0.911 bits per heavy atom. The second kappa shape index (κ2) is 21.7. The first kappa shape index (κ1) is 36.2. The summed E-state index contributed by atoms with van der Waals surface area (Å²) in [4.78, 5) is 21.0. The highest BCUT2D eigenvalue weighted by molar-refractivity contribution is 6.03. The number of hydrogen-bond donors (Lipinski definition) is 6. The maximum atomic E-state index is 12.0. The SMILES string of the molecule is C=C(NC(=NC(C)=NCCOCCOCCNC(=O)c1ccccc1)Nc1ccc(C=N)c(N)c1)Nc1ccccc1.CCC. The fourth-order valence-electron chi connectivity index (χ4n) is 3.60. The topological polar surface area (TPSA) is 158 Å². The predicted molar refractivity (Wildman–Crippen MR) is 186 cm³/mol. The van der Waals surface area contributed by atoms with Gasteiger partial charge in [0.05, 0.1) is 33.0 Å². The fourth-order valence-corrected chi connectivity index (χ4v) is 3.60. The number of hydrogen-bond acceptors (Lipinski definition) is 7. The molecule has 0 aliphatic rings. The summed E-state index contributed by atoms with van der Waals surface area (Å²) in [7, 11) is 0. The van der Waals surface area contributed by atoms with E-state index in [-0.39, 0.29) is 5.91 Å². The summed E-state index contributed by atoms with van der Waals surface area (Å²) >= 11 is 0. The van der Waals surface area contributed by atoms with Gasteiger partial charge in [-0.2, -0.15) is 0 Å². The first-order valence-electron chi connectivity index (χ1n) is 14.9. The molecule has 1 amide bonds. The molecular weight excluding hydrogens is 568 g/mol. The lowest BCUT2D eigenvalue weighted by atomic mass is 10.2. The van der Waals surface area contributed by atoms with Crippen molar-refractivity contribution in [2.24, 2.45) is 9.98 Å². The third-order valence-corrected chi connectivity index (χ3v) is 5.63. The van der Waals surface area contributed by atoms with Crippen molar-refractivity contribution in [2.75, 3.05) is 55.9 Å². The van der Waals surface area contributed by atoms with Crippen molar-refractivity contribution < 1.29 is 14.3 Å². The van der Waals surface area contributed by atoms with Crippen molar-refractivity contribution in [3.63, 3.8) is 0 Å². The number of anilines is 3. The van der Waals surface area contributed by atoms with Gasteiger partial charge in [0.25, 0.3) is 5.91 Å². The lowest BCUT2D eigenvalue weighted by molar-refractivity contribution is 0.0512. The van der Waals surface area contributed by atoms with Crippen molar-refractivity contribution in [3.8, 4) is 0 Å². The summed E-state index contributed by atoms with van der Waals surface area (Å²) in [5, 5.41) is 19.8. The number of amides is 1. The Balaban J connectivity index is 0.00000226. The molecule has 7 N–H and O–H groups in total. The molecule has 0 atom stereocenters. The summed E-state index contributed by atoms with van der Waals surface area (Å²) < 4.78 is 11.1. The Hall–Kier alpha value is -5.00. The lowest BCUT2D eigenvalue weighted by Gasteiger charge is -2.16. The van der Waals surface area contributed by atoms with Crippen LogP contribution in [0.1, 0.15) is 43.1 Å². The van der Waals surface area contributed by atoms with Crippen LogP contribution >= 0.6 is 0 Å². The van der Waals surface area contributed by atoms with E-state index in [1.54, 1.807) is 37.3 Å². The van der Waals surface area contributed by atoms with Gasteiger partial charge in [-0.3, -0.25) is 9.79 Å². The predicted octanol–water partition coefficient (Wildman–Crippen LogP) is 5.51. The quantitative estimate of drug-likeness (QED) is 0.0570. The summed E-state index contributed by atoms with van der Waals surface area (Å²) in [5.41, 5.74) is 9.32. The molecule has 3 aromatic carbocycles. The largest absolute Gasteiger partial charge is 0.398 e. The van der Waals surface area contributed by atoms with E-state index in [9.17, 15) is 4.79 Å². The molecule has 0 aliphatic carbocycles. The number of carbonyl (C=O) groups excluding carboxylic acids is 1. The van der Waals surface area contributed by atoms with Crippen LogP contribution in [0.15, 0.2) is 101 Å². The minimum atomic E-state index is -0.124. The third kappa shape index (κ3) is 15.3. The number of amidine groups is 1. The van der Waals surface area contributed by atoms with E-state index in [0.717, 1.165) is 5.69 Å². The van der Waals surface area contributed by atoms with Crippen LogP contribution < -0.4 is 27.0 Å². The van der Waals surface area contributed by atoms with Gasteiger partial charge >= 0.3 is 0 Å². The van der Waals surface area contributed by atoms with Crippen LogP contribution in [0.3, 0.4) is 0 Å². The van der Waals surface area contributed by atoms with Crippen molar-refractivity contribution in [2.45, 2.75) is 27.2 Å². The first-order valence-corrected chi connectivity index (χ1v) is 14.9. The van der Waals surface area contributed by atoms with E-state index in [0.29, 0.717) is 79.6 Å². The number of ether oxygens (including phenoxy) is 2. The average molecular weight is 615 g/mol. The molecule has 0 heterocycles. The molecule has 240 valence electrons. The van der Waals surface area contributed by atoms with Crippen LogP contribution in [0.5, 0.6) is 0 Å². The van der Waals surface area contributed by atoms with Crippen LogP contribution in [-0.4, -0.2) is 63.4 Å². The van der Waals surface area contributed by atoms with Crippen molar-refractivity contribution in [3.05, 3.63) is 102 Å². The maximum absolute atomic E-state index is 12.0. The number of guanidine groups is 1. The maximum Gasteiger partial charge on any atom is 0.251 e. The van der Waals surface area contributed by atoms with E-state index >= 15 is 0 Å². The highest BCUT2D eigenvalue weighted by Gasteiger charge is 2.06. The molecule has 3 aromatic rings. The molecule has 0 aromatic heterocycles. The standard InChI is InChI=1S/C31H38N8O3.C3H8/c1-23(34-15-17-41-19-20-42-18-16-35-30(40)25-9-5-3-6-10-25)37-31(38-24(2)36-27-11-7-4-8-12-27)39-28-14-13-26(22-32)29(33)21-28;1-3-2/h3-14,21-22,32,36H,2,15-20,33H2,1H3,(H,35,40)(H2,34,37,38,39);3H2,1-2H3. The second-order valence-electron chi connectivity index (χ2n) is 9.65. The second-order valence-corrected chi connectivity index (χ2v) is 9.65. The highest BCUT2D eigenvalue weighted by Crippen LogP contribution is 2.16. The van der Waals surface area contributed by atoms with E-state index in [4.69, 9.17) is 20.6 Å². The average Bonchev–Trinajstić information content (AvgIpc) is 3.03. The van der Waals surface area contributed by atoms with Crippen molar-refractivity contribution in [1.29, 1.82) is 5.41 Å². The minimum absolute atomic E-state index is 0.124. The van der Waals surface area contributed by atoms with Gasteiger partial charge in [-0.1, -0.05) is 63.2 Å². The number of carbonyl (C=O) groups is 1. The molecule has 0 aliphatic heterocycles. The number of nitrogens with one attached hydrogen (secondary N) is 5. The zero-order valence-electron chi connectivity index (χ0n) is 26.4. The number of aliphatic imine (C=N–C) groups is 2. The molecule has 0 saturated heterocycles. The van der Waals surface area contributed by atoms with Gasteiger partial charge in [0, 0.05) is 40.9 Å². The summed E-state index contributed by atoms with van der Waals surface area (Å²) in [6.45, 7) is 12.5. The Morgan fingerprint density at radius 2 is 1.56 bits per heavy atom. The lowest BCUT2D eigenvalue weighted by Crippen LogP contribution is -2.33. The van der Waals surface area contributed by atoms with Crippen LogP contribution in [0, 0.1) is 5.41 Å². The van der Waals surface area contributed by atoms with E-state index in [2.05, 4.69) is 51.7 Å². The minimum Gasteiger partial charge on any atom is -0.398 e. The van der Waals surface area contributed by atoms with Gasteiger partial charge in [0.2, 0.25) is 5.96 Å². The molecule has 0 spiro atoms. The Kier molecular flexibility index (Phi) is 17.4. The molecule has 11 nitrogen and oxygen atoms in total. The Bertz CT molecular complexity index is 1380. The Morgan fingerprint density at radius 3 is 2.20 bits per heavy atom. The number of benzene rings is 3. The molecule has 0 saturated carbocycles. The number of nitrogens with two attached hydrogens (primary N) is 1. The summed E-state index contributed by atoms with van der Waals surface area (Å²) in [6, 6.07) is 24.0.